The van der Waals surface area contributed by atoms with E-state index in [1.165, 1.54) is 16.2 Å². The Labute approximate surface area is 154 Å². The van der Waals surface area contributed by atoms with Gasteiger partial charge in [-0.25, -0.2) is 4.79 Å². The van der Waals surface area contributed by atoms with E-state index in [-0.39, 0.29) is 6.03 Å². The average Bonchev–Trinajstić information content (AvgIpc) is 3.15. The Bertz CT molecular complexity index is 790. The van der Waals surface area contributed by atoms with Crippen LogP contribution in [0.25, 0.3) is 0 Å². The van der Waals surface area contributed by atoms with E-state index in [0.29, 0.717) is 6.54 Å². The molecule has 8 heteroatoms. The third-order valence-electron chi connectivity index (χ3n) is 4.51. The van der Waals surface area contributed by atoms with Gasteiger partial charge in [0.2, 0.25) is 0 Å². The van der Waals surface area contributed by atoms with Crippen molar-refractivity contribution in [1.29, 1.82) is 0 Å². The van der Waals surface area contributed by atoms with Gasteiger partial charge in [-0.1, -0.05) is 6.08 Å². The van der Waals surface area contributed by atoms with E-state index in [9.17, 15) is 4.79 Å². The molecule has 2 amide bonds. The summed E-state index contributed by atoms with van der Waals surface area (Å²) in [5.41, 5.74) is 4.39. The molecule has 1 aliphatic rings. The van der Waals surface area contributed by atoms with Crippen LogP contribution in [0.3, 0.4) is 0 Å². The van der Waals surface area contributed by atoms with Gasteiger partial charge in [0.05, 0.1) is 36.7 Å². The highest BCUT2D eigenvalue weighted by Crippen LogP contribution is 2.17. The summed E-state index contributed by atoms with van der Waals surface area (Å²) in [6.07, 6.45) is 3.96. The molecule has 140 valence electrons. The van der Waals surface area contributed by atoms with Crippen LogP contribution in [0.4, 0.5) is 4.79 Å². The van der Waals surface area contributed by atoms with Crippen molar-refractivity contribution in [2.24, 2.45) is 0 Å². The van der Waals surface area contributed by atoms with E-state index in [4.69, 9.17) is 0 Å². The van der Waals surface area contributed by atoms with Crippen molar-refractivity contribution >= 4 is 6.03 Å². The molecule has 0 aromatic carbocycles. The van der Waals surface area contributed by atoms with Crippen LogP contribution in [-0.4, -0.2) is 56.0 Å². The molecular formula is C18H27N7O. The molecule has 0 fully saturated rings. The molecule has 1 N–H and O–H groups in total. The Morgan fingerprint density at radius 3 is 2.92 bits per heavy atom. The lowest BCUT2D eigenvalue weighted by Crippen LogP contribution is -2.34. The number of rotatable bonds is 6. The van der Waals surface area contributed by atoms with E-state index < -0.39 is 0 Å². The monoisotopic (exact) mass is 357 g/mol. The quantitative estimate of drug-likeness (QED) is 0.793. The van der Waals surface area contributed by atoms with Crippen molar-refractivity contribution in [1.82, 2.24) is 34.7 Å². The zero-order valence-electron chi connectivity index (χ0n) is 15.8. The molecular weight excluding hydrogens is 330 g/mol. The normalized spacial score (nSPS) is 14.1. The second-order valence-electron chi connectivity index (χ2n) is 6.86. The number of carbonyl (C=O) groups is 1. The van der Waals surface area contributed by atoms with Crippen LogP contribution in [0.5, 0.6) is 0 Å². The third kappa shape index (κ3) is 4.13. The third-order valence-corrected chi connectivity index (χ3v) is 4.51. The average molecular weight is 357 g/mol. The number of amides is 2. The van der Waals surface area contributed by atoms with Crippen LogP contribution >= 0.6 is 0 Å². The molecule has 26 heavy (non-hydrogen) atoms. The summed E-state index contributed by atoms with van der Waals surface area (Å²) in [4.78, 5) is 15.6. The number of aryl methyl sites for hydroxylation is 1. The maximum atomic E-state index is 11.7. The van der Waals surface area contributed by atoms with Gasteiger partial charge in [-0.2, -0.15) is 10.2 Å². The number of nitrogens with one attached hydrogen (secondary N) is 1. The lowest BCUT2D eigenvalue weighted by Gasteiger charge is -2.27. The van der Waals surface area contributed by atoms with E-state index in [1.54, 1.807) is 14.1 Å². The Balaban J connectivity index is 1.61. The number of urea groups is 1. The maximum absolute atomic E-state index is 11.7. The molecule has 2 aromatic rings. The fourth-order valence-corrected chi connectivity index (χ4v) is 3.11. The first-order chi connectivity index (χ1) is 12.5. The van der Waals surface area contributed by atoms with Gasteiger partial charge in [-0.15, -0.1) is 6.58 Å². The van der Waals surface area contributed by atoms with Gasteiger partial charge < -0.3 is 10.2 Å². The topological polar surface area (TPSA) is 71.2 Å². The van der Waals surface area contributed by atoms with Gasteiger partial charge >= 0.3 is 6.03 Å². The standard InChI is InChI=1S/C18H27N7O/c1-5-6-24-12-15(14(2)20-24)11-23-7-8-25-17(13-23)9-16(21-25)10-19-18(26)22(3)4/h5,9,12H,1,6-8,10-11,13H2,2-4H3,(H,19,26). The zero-order valence-corrected chi connectivity index (χ0v) is 15.8. The molecule has 0 spiro atoms. The fourth-order valence-electron chi connectivity index (χ4n) is 3.11. The molecule has 3 heterocycles. The van der Waals surface area contributed by atoms with Crippen LogP contribution < -0.4 is 5.32 Å². The lowest BCUT2D eigenvalue weighted by atomic mass is 10.2. The van der Waals surface area contributed by atoms with E-state index in [1.807, 2.05) is 15.4 Å². The first-order valence-electron chi connectivity index (χ1n) is 8.83. The van der Waals surface area contributed by atoms with Gasteiger partial charge in [0.1, 0.15) is 0 Å². The Morgan fingerprint density at radius 2 is 2.19 bits per heavy atom. The van der Waals surface area contributed by atoms with Crippen LogP contribution in [0, 0.1) is 6.92 Å². The number of nitrogens with zero attached hydrogens (tertiary/aromatic N) is 6. The molecule has 0 radical (unpaired) electrons. The van der Waals surface area contributed by atoms with E-state index in [0.717, 1.165) is 44.1 Å². The first-order valence-corrected chi connectivity index (χ1v) is 8.83. The molecule has 2 aromatic heterocycles. The fraction of sp³-hybridized carbons (Fsp3) is 0.500. The number of allylic oxidation sites excluding steroid dienone is 1. The molecule has 8 nitrogen and oxygen atoms in total. The molecule has 0 bridgehead atoms. The summed E-state index contributed by atoms with van der Waals surface area (Å²) in [5, 5.41) is 12.0. The molecule has 3 rings (SSSR count). The molecule has 0 unspecified atom stereocenters. The smallest absolute Gasteiger partial charge is 0.317 e. The Morgan fingerprint density at radius 1 is 1.38 bits per heavy atom. The lowest BCUT2D eigenvalue weighted by molar-refractivity contribution is 0.204. The molecule has 1 aliphatic heterocycles. The SMILES string of the molecule is C=CCn1cc(CN2CCn3nc(CNC(=O)N(C)C)cc3C2)c(C)n1. The van der Waals surface area contributed by atoms with Crippen molar-refractivity contribution in [2.45, 2.75) is 39.6 Å². The number of carbonyl (C=O) groups excluding carboxylic acids is 1. The second-order valence-corrected chi connectivity index (χ2v) is 6.86. The minimum Gasteiger partial charge on any atom is -0.332 e. The summed E-state index contributed by atoms with van der Waals surface area (Å²) in [6.45, 7) is 10.5. The van der Waals surface area contributed by atoms with Crippen molar-refractivity contribution in [2.75, 3.05) is 20.6 Å². The van der Waals surface area contributed by atoms with Crippen LogP contribution in [0.2, 0.25) is 0 Å². The highest BCUT2D eigenvalue weighted by Gasteiger charge is 2.20. The number of hydrogen-bond acceptors (Lipinski definition) is 4. The van der Waals surface area contributed by atoms with Gasteiger partial charge in [-0.05, 0) is 13.0 Å². The zero-order chi connectivity index (χ0) is 18.7. The summed E-state index contributed by atoms with van der Waals surface area (Å²) in [7, 11) is 3.45. The molecule has 0 saturated carbocycles. The number of aromatic nitrogens is 4. The first kappa shape index (κ1) is 18.2. The minimum absolute atomic E-state index is 0.107. The maximum Gasteiger partial charge on any atom is 0.317 e. The second kappa shape index (κ2) is 7.74. The van der Waals surface area contributed by atoms with Gasteiger partial charge in [0.25, 0.3) is 0 Å². The highest BCUT2D eigenvalue weighted by atomic mass is 16.2. The summed E-state index contributed by atoms with van der Waals surface area (Å²) < 4.78 is 3.97. The van der Waals surface area contributed by atoms with Crippen molar-refractivity contribution < 1.29 is 4.79 Å². The van der Waals surface area contributed by atoms with E-state index in [2.05, 4.69) is 46.2 Å². The highest BCUT2D eigenvalue weighted by molar-refractivity contribution is 5.73. The Hall–Kier alpha value is -2.61. The van der Waals surface area contributed by atoms with Crippen molar-refractivity contribution in [3.8, 4) is 0 Å². The molecule has 0 saturated heterocycles. The van der Waals surface area contributed by atoms with Gasteiger partial charge in [-0.3, -0.25) is 14.3 Å². The number of hydrogen-bond donors (Lipinski definition) is 1. The number of fused-ring (bicyclic) bond motifs is 1. The predicted octanol–water partition coefficient (Wildman–Crippen LogP) is 1.36. The summed E-state index contributed by atoms with van der Waals surface area (Å²) in [6, 6.07) is 1.97. The molecule has 0 aliphatic carbocycles. The summed E-state index contributed by atoms with van der Waals surface area (Å²) >= 11 is 0. The summed E-state index contributed by atoms with van der Waals surface area (Å²) in [5.74, 6) is 0. The minimum atomic E-state index is -0.107. The van der Waals surface area contributed by atoms with Gasteiger partial charge in [0, 0.05) is 45.5 Å². The molecule has 0 atom stereocenters. The van der Waals surface area contributed by atoms with Crippen molar-refractivity contribution in [3.05, 3.63) is 47.6 Å². The largest absolute Gasteiger partial charge is 0.332 e. The Kier molecular flexibility index (Phi) is 5.41. The van der Waals surface area contributed by atoms with Gasteiger partial charge in [0.15, 0.2) is 0 Å². The van der Waals surface area contributed by atoms with E-state index >= 15 is 0 Å². The van der Waals surface area contributed by atoms with Crippen molar-refractivity contribution in [3.63, 3.8) is 0 Å². The van der Waals surface area contributed by atoms with Crippen LogP contribution in [0.15, 0.2) is 24.9 Å². The van der Waals surface area contributed by atoms with Crippen LogP contribution in [0.1, 0.15) is 22.6 Å². The van der Waals surface area contributed by atoms with Crippen LogP contribution in [-0.2, 0) is 32.7 Å². The predicted molar refractivity (Wildman–Crippen MR) is 99.4 cm³/mol.